The predicted octanol–water partition coefficient (Wildman–Crippen LogP) is 2.37. The monoisotopic (exact) mass is 311 g/mol. The van der Waals surface area contributed by atoms with Gasteiger partial charge >= 0.3 is 0 Å². The molecule has 0 aromatic carbocycles. The van der Waals surface area contributed by atoms with Crippen LogP contribution in [0.5, 0.6) is 0 Å². The van der Waals surface area contributed by atoms with E-state index in [9.17, 15) is 5.11 Å². The Hall–Kier alpha value is -0.680. The maximum absolute atomic E-state index is 10.7. The Labute approximate surface area is 116 Å². The predicted molar refractivity (Wildman–Crippen MR) is 73.5 cm³/mol. The fourth-order valence-electron chi connectivity index (χ4n) is 3.30. The number of piperidine rings is 1. The average molecular weight is 312 g/mol. The first kappa shape index (κ1) is 12.4. The van der Waals surface area contributed by atoms with Gasteiger partial charge in [0.15, 0.2) is 0 Å². The number of aliphatic hydroxyl groups is 1. The Bertz CT molecular complexity index is 442. The van der Waals surface area contributed by atoms with Crippen molar-refractivity contribution < 1.29 is 5.11 Å². The summed E-state index contributed by atoms with van der Waals surface area (Å²) in [5.74, 6) is 1.35. The van der Waals surface area contributed by atoms with E-state index in [0.29, 0.717) is 5.92 Å². The van der Waals surface area contributed by atoms with Crippen LogP contribution in [0.3, 0.4) is 0 Å². The normalized spacial score (nSPS) is 32.1. The summed E-state index contributed by atoms with van der Waals surface area (Å²) in [5, 5.41) is 10.7. The molecule has 2 aliphatic rings. The summed E-state index contributed by atoms with van der Waals surface area (Å²) in [7, 11) is 0. The van der Waals surface area contributed by atoms with Gasteiger partial charge in [-0.25, -0.2) is 9.97 Å². The van der Waals surface area contributed by atoms with Crippen LogP contribution >= 0.6 is 15.9 Å². The molecule has 2 unspecified atom stereocenters. The molecule has 1 saturated carbocycles. The minimum Gasteiger partial charge on any atom is -0.389 e. The quantitative estimate of drug-likeness (QED) is 0.865. The van der Waals surface area contributed by atoms with Crippen molar-refractivity contribution in [3.63, 3.8) is 0 Å². The number of fused-ring (bicyclic) bond motifs is 1. The van der Waals surface area contributed by atoms with Crippen molar-refractivity contribution in [1.82, 2.24) is 9.97 Å². The highest BCUT2D eigenvalue weighted by molar-refractivity contribution is 9.10. The smallest absolute Gasteiger partial charge is 0.146 e. The van der Waals surface area contributed by atoms with E-state index in [4.69, 9.17) is 0 Å². The summed E-state index contributed by atoms with van der Waals surface area (Å²) in [6, 6.07) is 0. The van der Waals surface area contributed by atoms with E-state index in [1.165, 1.54) is 12.8 Å². The van der Waals surface area contributed by atoms with Gasteiger partial charge in [-0.2, -0.15) is 0 Å². The Morgan fingerprint density at radius 2 is 2.28 bits per heavy atom. The van der Waals surface area contributed by atoms with Crippen LogP contribution < -0.4 is 4.90 Å². The Kier molecular flexibility index (Phi) is 3.28. The van der Waals surface area contributed by atoms with Crippen LogP contribution in [-0.2, 0) is 0 Å². The molecule has 0 spiro atoms. The first-order valence-electron chi connectivity index (χ1n) is 6.62. The molecule has 2 atom stereocenters. The lowest BCUT2D eigenvalue weighted by Crippen LogP contribution is -2.53. The van der Waals surface area contributed by atoms with Crippen molar-refractivity contribution in [2.75, 3.05) is 18.0 Å². The van der Waals surface area contributed by atoms with Crippen molar-refractivity contribution in [2.24, 2.45) is 5.92 Å². The maximum atomic E-state index is 10.7. The number of hydrogen-bond acceptors (Lipinski definition) is 4. The van der Waals surface area contributed by atoms with E-state index in [0.717, 1.165) is 42.6 Å². The van der Waals surface area contributed by atoms with Crippen LogP contribution in [-0.4, -0.2) is 33.8 Å². The van der Waals surface area contributed by atoms with Gasteiger partial charge in [-0.3, -0.25) is 0 Å². The summed E-state index contributed by atoms with van der Waals surface area (Å²) >= 11 is 3.50. The van der Waals surface area contributed by atoms with Gasteiger partial charge in [0.1, 0.15) is 12.1 Å². The van der Waals surface area contributed by atoms with E-state index in [1.54, 1.807) is 12.5 Å². The molecular formula is C13H18BrN3O. The van der Waals surface area contributed by atoms with Crippen LogP contribution in [0.15, 0.2) is 17.0 Å². The van der Waals surface area contributed by atoms with Crippen LogP contribution in [0.1, 0.15) is 32.1 Å². The lowest BCUT2D eigenvalue weighted by Gasteiger charge is -2.47. The van der Waals surface area contributed by atoms with Crippen molar-refractivity contribution in [3.8, 4) is 0 Å². The second-order valence-electron chi connectivity index (χ2n) is 5.44. The molecule has 1 aromatic heterocycles. The molecule has 1 aliphatic carbocycles. The zero-order chi connectivity index (χ0) is 12.6. The van der Waals surface area contributed by atoms with Gasteiger partial charge < -0.3 is 10.0 Å². The zero-order valence-corrected chi connectivity index (χ0v) is 11.9. The lowest BCUT2D eigenvalue weighted by atomic mass is 9.71. The van der Waals surface area contributed by atoms with Gasteiger partial charge in [0.2, 0.25) is 0 Å². The molecule has 0 amide bonds. The number of halogens is 1. The number of hydrogen-bond donors (Lipinski definition) is 1. The van der Waals surface area contributed by atoms with Crippen molar-refractivity contribution >= 4 is 21.7 Å². The molecule has 98 valence electrons. The first-order valence-corrected chi connectivity index (χ1v) is 7.41. The molecule has 3 rings (SSSR count). The summed E-state index contributed by atoms with van der Waals surface area (Å²) < 4.78 is 0.936. The highest BCUT2D eigenvalue weighted by Gasteiger charge is 2.43. The first-order chi connectivity index (χ1) is 8.69. The lowest BCUT2D eigenvalue weighted by molar-refractivity contribution is -0.0613. The maximum Gasteiger partial charge on any atom is 0.146 e. The second-order valence-corrected chi connectivity index (χ2v) is 6.29. The second kappa shape index (κ2) is 4.78. The van der Waals surface area contributed by atoms with Gasteiger partial charge in [-0.15, -0.1) is 0 Å². The number of anilines is 1. The van der Waals surface area contributed by atoms with E-state index in [1.807, 2.05) is 0 Å². The molecule has 18 heavy (non-hydrogen) atoms. The molecule has 4 nitrogen and oxygen atoms in total. The number of nitrogens with zero attached hydrogens (tertiary/aromatic N) is 3. The molecule has 1 aliphatic heterocycles. The Balaban J connectivity index is 1.80. The van der Waals surface area contributed by atoms with E-state index in [-0.39, 0.29) is 0 Å². The van der Waals surface area contributed by atoms with Gasteiger partial charge in [0.25, 0.3) is 0 Å². The third kappa shape index (κ3) is 2.14. The molecule has 1 N–H and O–H groups in total. The van der Waals surface area contributed by atoms with Crippen molar-refractivity contribution in [2.45, 2.75) is 37.7 Å². The topological polar surface area (TPSA) is 49.2 Å². The van der Waals surface area contributed by atoms with E-state index >= 15 is 0 Å². The molecule has 2 fully saturated rings. The van der Waals surface area contributed by atoms with Crippen LogP contribution in [0.25, 0.3) is 0 Å². The molecule has 2 heterocycles. The fourth-order valence-corrected chi connectivity index (χ4v) is 3.77. The van der Waals surface area contributed by atoms with Gasteiger partial charge in [0.05, 0.1) is 10.1 Å². The summed E-state index contributed by atoms with van der Waals surface area (Å²) in [6.07, 6.45) is 8.74. The van der Waals surface area contributed by atoms with Gasteiger partial charge in [0, 0.05) is 25.2 Å². The average Bonchev–Trinajstić information content (AvgIpc) is 2.38. The summed E-state index contributed by atoms with van der Waals surface area (Å²) in [6.45, 7) is 1.79. The Morgan fingerprint density at radius 1 is 1.39 bits per heavy atom. The van der Waals surface area contributed by atoms with Gasteiger partial charge in [-0.1, -0.05) is 12.8 Å². The Morgan fingerprint density at radius 3 is 3.11 bits per heavy atom. The molecule has 1 aromatic rings. The molecule has 0 bridgehead atoms. The van der Waals surface area contributed by atoms with Crippen molar-refractivity contribution in [1.29, 1.82) is 0 Å². The molecular weight excluding hydrogens is 294 g/mol. The number of aromatic nitrogens is 2. The molecule has 5 heteroatoms. The largest absolute Gasteiger partial charge is 0.389 e. The highest BCUT2D eigenvalue weighted by Crippen LogP contribution is 2.41. The zero-order valence-electron chi connectivity index (χ0n) is 10.3. The minimum atomic E-state index is -0.422. The third-order valence-electron chi connectivity index (χ3n) is 4.38. The molecule has 0 radical (unpaired) electrons. The molecule has 1 saturated heterocycles. The summed E-state index contributed by atoms with van der Waals surface area (Å²) in [5.41, 5.74) is -0.422. The highest BCUT2D eigenvalue weighted by atomic mass is 79.9. The summed E-state index contributed by atoms with van der Waals surface area (Å²) in [4.78, 5) is 10.6. The van der Waals surface area contributed by atoms with Crippen LogP contribution in [0.2, 0.25) is 0 Å². The number of rotatable bonds is 1. The minimum absolute atomic E-state index is 0.391. The van der Waals surface area contributed by atoms with Crippen LogP contribution in [0.4, 0.5) is 5.82 Å². The van der Waals surface area contributed by atoms with E-state index in [2.05, 4.69) is 30.8 Å². The third-order valence-corrected chi connectivity index (χ3v) is 4.93. The van der Waals surface area contributed by atoms with E-state index < -0.39 is 5.60 Å². The fraction of sp³-hybridized carbons (Fsp3) is 0.692. The van der Waals surface area contributed by atoms with Crippen molar-refractivity contribution in [3.05, 3.63) is 17.0 Å². The van der Waals surface area contributed by atoms with Gasteiger partial charge in [-0.05, 0) is 35.2 Å². The standard InChI is InChI=1S/C13H18BrN3O/c14-11-7-15-9-16-12(11)17-6-5-13(18)4-2-1-3-10(13)8-17/h7,9-10,18H,1-6,8H2. The van der Waals surface area contributed by atoms with Crippen LogP contribution in [0, 0.1) is 5.92 Å². The SMILES string of the molecule is OC12CCCCC1CN(c1ncncc1Br)CC2.